The van der Waals surface area contributed by atoms with Crippen molar-refractivity contribution < 1.29 is 13.5 Å². The lowest BCUT2D eigenvalue weighted by Crippen LogP contribution is -2.49. The van der Waals surface area contributed by atoms with Crippen LogP contribution in [0.1, 0.15) is 0 Å². The summed E-state index contributed by atoms with van der Waals surface area (Å²) in [4.78, 5) is 2.39. The second-order valence-corrected chi connectivity index (χ2v) is 6.68. The van der Waals surface area contributed by atoms with Crippen LogP contribution in [0.2, 0.25) is 0 Å². The molecular formula is C13H21N3O3S. The minimum absolute atomic E-state index is 0.109. The first-order valence-electron chi connectivity index (χ1n) is 6.69. The van der Waals surface area contributed by atoms with Crippen molar-refractivity contribution in [2.75, 3.05) is 51.7 Å². The first-order valence-corrected chi connectivity index (χ1v) is 8.13. The van der Waals surface area contributed by atoms with E-state index in [1.807, 2.05) is 0 Å². The highest BCUT2D eigenvalue weighted by Crippen LogP contribution is 2.19. The van der Waals surface area contributed by atoms with Crippen LogP contribution in [0.5, 0.6) is 0 Å². The van der Waals surface area contributed by atoms with Crippen LogP contribution in [0.3, 0.4) is 0 Å². The van der Waals surface area contributed by atoms with Gasteiger partial charge in [0, 0.05) is 45.5 Å². The number of benzene rings is 1. The molecule has 0 bridgehead atoms. The van der Waals surface area contributed by atoms with Crippen LogP contribution in [0.4, 0.5) is 5.69 Å². The maximum atomic E-state index is 12.5. The van der Waals surface area contributed by atoms with Crippen molar-refractivity contribution in [3.8, 4) is 0 Å². The number of β-amino-alcohol motifs (C(OH)–C–C–N with tert-alkyl or cyclic N) is 1. The standard InChI is InChI=1S/C13H21N3O3S/c1-14-12-2-4-13(5-3-12)20(18,19)16-8-6-15(7-9-16)10-11-17/h2-5,14,17H,6-11H2,1H3. The molecule has 2 N–H and O–H groups in total. The molecule has 0 saturated carbocycles. The quantitative estimate of drug-likeness (QED) is 0.802. The van der Waals surface area contributed by atoms with Crippen molar-refractivity contribution in [1.29, 1.82) is 0 Å². The predicted octanol–water partition coefficient (Wildman–Crippen LogP) is 0.0269. The van der Waals surface area contributed by atoms with Crippen molar-refractivity contribution >= 4 is 15.7 Å². The largest absolute Gasteiger partial charge is 0.395 e. The number of sulfonamides is 1. The Morgan fingerprint density at radius 3 is 2.25 bits per heavy atom. The van der Waals surface area contributed by atoms with Crippen LogP contribution in [0.15, 0.2) is 29.2 Å². The molecule has 0 unspecified atom stereocenters. The molecule has 1 aliphatic rings. The Morgan fingerprint density at radius 2 is 1.75 bits per heavy atom. The van der Waals surface area contributed by atoms with E-state index < -0.39 is 10.0 Å². The number of aliphatic hydroxyl groups excluding tert-OH is 1. The average Bonchev–Trinajstić information content (AvgIpc) is 2.48. The van der Waals surface area contributed by atoms with Crippen LogP contribution in [-0.4, -0.2) is 69.1 Å². The summed E-state index contributed by atoms with van der Waals surface area (Å²) in [6, 6.07) is 6.77. The lowest BCUT2D eigenvalue weighted by atomic mass is 10.3. The van der Waals surface area contributed by atoms with E-state index in [-0.39, 0.29) is 6.61 Å². The summed E-state index contributed by atoms with van der Waals surface area (Å²) >= 11 is 0. The number of piperazine rings is 1. The van der Waals surface area contributed by atoms with E-state index in [2.05, 4.69) is 10.2 Å². The smallest absolute Gasteiger partial charge is 0.243 e. The zero-order chi connectivity index (χ0) is 14.6. The minimum atomic E-state index is -3.41. The molecule has 7 heteroatoms. The Hall–Kier alpha value is -1.15. The molecule has 2 rings (SSSR count). The molecule has 1 aromatic carbocycles. The van der Waals surface area contributed by atoms with Crippen molar-refractivity contribution in [2.45, 2.75) is 4.90 Å². The van der Waals surface area contributed by atoms with E-state index in [1.54, 1.807) is 31.3 Å². The van der Waals surface area contributed by atoms with Gasteiger partial charge in [-0.1, -0.05) is 0 Å². The van der Waals surface area contributed by atoms with Crippen LogP contribution >= 0.6 is 0 Å². The fraction of sp³-hybridized carbons (Fsp3) is 0.538. The Labute approximate surface area is 120 Å². The van der Waals surface area contributed by atoms with Gasteiger partial charge in [-0.3, -0.25) is 4.90 Å². The van der Waals surface area contributed by atoms with E-state index in [0.717, 1.165) is 5.69 Å². The highest BCUT2D eigenvalue weighted by molar-refractivity contribution is 7.89. The summed E-state index contributed by atoms with van der Waals surface area (Å²) in [6.07, 6.45) is 0. The number of rotatable bonds is 5. The highest BCUT2D eigenvalue weighted by atomic mass is 32.2. The Balaban J connectivity index is 2.07. The molecule has 0 amide bonds. The Kier molecular flexibility index (Phi) is 4.98. The zero-order valence-corrected chi connectivity index (χ0v) is 12.4. The molecule has 1 aromatic rings. The van der Waals surface area contributed by atoms with Crippen LogP contribution in [0.25, 0.3) is 0 Å². The van der Waals surface area contributed by atoms with Gasteiger partial charge < -0.3 is 10.4 Å². The number of nitrogens with zero attached hydrogens (tertiary/aromatic N) is 2. The molecule has 1 heterocycles. The Morgan fingerprint density at radius 1 is 1.15 bits per heavy atom. The van der Waals surface area contributed by atoms with E-state index in [1.165, 1.54) is 4.31 Å². The van der Waals surface area contributed by atoms with Crippen molar-refractivity contribution in [2.24, 2.45) is 0 Å². The third kappa shape index (κ3) is 3.29. The highest BCUT2D eigenvalue weighted by Gasteiger charge is 2.28. The van der Waals surface area contributed by atoms with Gasteiger partial charge in [-0.05, 0) is 24.3 Å². The Bertz CT molecular complexity index is 522. The van der Waals surface area contributed by atoms with Crippen LogP contribution in [-0.2, 0) is 10.0 Å². The van der Waals surface area contributed by atoms with Crippen LogP contribution < -0.4 is 5.32 Å². The molecule has 112 valence electrons. The molecule has 6 nitrogen and oxygen atoms in total. The molecule has 0 aromatic heterocycles. The van der Waals surface area contributed by atoms with Gasteiger partial charge in [0.05, 0.1) is 11.5 Å². The number of anilines is 1. The summed E-state index contributed by atoms with van der Waals surface area (Å²) < 4.78 is 26.5. The maximum absolute atomic E-state index is 12.5. The molecule has 20 heavy (non-hydrogen) atoms. The van der Waals surface area contributed by atoms with Gasteiger partial charge in [0.1, 0.15) is 0 Å². The fourth-order valence-electron chi connectivity index (χ4n) is 2.28. The van der Waals surface area contributed by atoms with Crippen molar-refractivity contribution in [1.82, 2.24) is 9.21 Å². The molecule has 0 atom stereocenters. The lowest BCUT2D eigenvalue weighted by Gasteiger charge is -2.33. The average molecular weight is 299 g/mol. The summed E-state index contributed by atoms with van der Waals surface area (Å²) in [5.74, 6) is 0. The van der Waals surface area contributed by atoms with E-state index >= 15 is 0 Å². The third-order valence-corrected chi connectivity index (χ3v) is 5.44. The van der Waals surface area contributed by atoms with Crippen molar-refractivity contribution in [3.05, 3.63) is 24.3 Å². The lowest BCUT2D eigenvalue weighted by molar-refractivity contribution is 0.151. The summed E-state index contributed by atoms with van der Waals surface area (Å²) in [6.45, 7) is 2.97. The second-order valence-electron chi connectivity index (χ2n) is 4.74. The molecule has 0 aliphatic carbocycles. The zero-order valence-electron chi connectivity index (χ0n) is 11.6. The van der Waals surface area contributed by atoms with E-state index in [9.17, 15) is 8.42 Å². The van der Waals surface area contributed by atoms with Crippen molar-refractivity contribution in [3.63, 3.8) is 0 Å². The van der Waals surface area contributed by atoms with Gasteiger partial charge in [-0.15, -0.1) is 0 Å². The minimum Gasteiger partial charge on any atom is -0.395 e. The monoisotopic (exact) mass is 299 g/mol. The number of nitrogens with one attached hydrogen (secondary N) is 1. The molecular weight excluding hydrogens is 278 g/mol. The fourth-order valence-corrected chi connectivity index (χ4v) is 3.70. The molecule has 1 fully saturated rings. The molecule has 1 saturated heterocycles. The first-order chi connectivity index (χ1) is 9.57. The second kappa shape index (κ2) is 6.53. The normalized spacial score (nSPS) is 18.1. The number of hydrogen-bond donors (Lipinski definition) is 2. The maximum Gasteiger partial charge on any atom is 0.243 e. The van der Waals surface area contributed by atoms with Gasteiger partial charge in [0.15, 0.2) is 0 Å². The van der Waals surface area contributed by atoms with Gasteiger partial charge in [-0.25, -0.2) is 8.42 Å². The number of aliphatic hydroxyl groups is 1. The van der Waals surface area contributed by atoms with Crippen LogP contribution in [0, 0.1) is 0 Å². The van der Waals surface area contributed by atoms with Gasteiger partial charge in [-0.2, -0.15) is 4.31 Å². The van der Waals surface area contributed by atoms with Gasteiger partial charge >= 0.3 is 0 Å². The summed E-state index contributed by atoms with van der Waals surface area (Å²) in [5.41, 5.74) is 0.886. The van der Waals surface area contributed by atoms with Gasteiger partial charge in [0.25, 0.3) is 0 Å². The number of hydrogen-bond acceptors (Lipinski definition) is 5. The van der Waals surface area contributed by atoms with Gasteiger partial charge in [0.2, 0.25) is 10.0 Å². The topological polar surface area (TPSA) is 72.9 Å². The van der Waals surface area contributed by atoms with E-state index in [0.29, 0.717) is 37.6 Å². The molecule has 1 aliphatic heterocycles. The first kappa shape index (κ1) is 15.2. The third-order valence-electron chi connectivity index (χ3n) is 3.53. The molecule has 0 radical (unpaired) electrons. The van der Waals surface area contributed by atoms with E-state index in [4.69, 9.17) is 5.11 Å². The SMILES string of the molecule is CNc1ccc(S(=O)(=O)N2CCN(CCO)CC2)cc1. The summed E-state index contributed by atoms with van der Waals surface area (Å²) in [5, 5.41) is 11.9. The summed E-state index contributed by atoms with van der Waals surface area (Å²) in [7, 11) is -1.61. The predicted molar refractivity (Wildman–Crippen MR) is 78.3 cm³/mol. The molecule has 0 spiro atoms.